The third-order valence-electron chi connectivity index (χ3n) is 3.43. The zero-order chi connectivity index (χ0) is 15.1. The van der Waals surface area contributed by atoms with Gasteiger partial charge in [-0.05, 0) is 19.4 Å². The first-order valence-corrected chi connectivity index (χ1v) is 7.15. The molecule has 0 saturated carbocycles. The monoisotopic (exact) mass is 280 g/mol. The van der Waals surface area contributed by atoms with Gasteiger partial charge in [0, 0.05) is 30.9 Å². The molecule has 0 fully saturated rings. The summed E-state index contributed by atoms with van der Waals surface area (Å²) in [6, 6.07) is 1.01. The van der Waals surface area contributed by atoms with Crippen LogP contribution in [-0.4, -0.2) is 28.0 Å². The van der Waals surface area contributed by atoms with Crippen molar-refractivity contribution < 1.29 is 9.90 Å². The number of nitrogens with zero attached hydrogens (tertiary/aromatic N) is 1. The number of hydrogen-bond acceptors (Lipinski definition) is 4. The van der Waals surface area contributed by atoms with Gasteiger partial charge in [-0.25, -0.2) is 0 Å². The van der Waals surface area contributed by atoms with Crippen molar-refractivity contribution in [3.05, 3.63) is 28.7 Å². The molecule has 0 aromatic carbocycles. The highest BCUT2D eigenvalue weighted by molar-refractivity contribution is 5.85. The Morgan fingerprint density at radius 1 is 1.45 bits per heavy atom. The fourth-order valence-electron chi connectivity index (χ4n) is 1.96. The van der Waals surface area contributed by atoms with Crippen LogP contribution < -0.4 is 10.7 Å². The Morgan fingerprint density at radius 3 is 2.70 bits per heavy atom. The van der Waals surface area contributed by atoms with Gasteiger partial charge in [-0.2, -0.15) is 0 Å². The number of pyridine rings is 1. The van der Waals surface area contributed by atoms with E-state index in [1.807, 2.05) is 20.8 Å². The summed E-state index contributed by atoms with van der Waals surface area (Å²) in [6.07, 6.45) is 4.71. The molecule has 0 aliphatic heterocycles. The number of ketones is 1. The summed E-state index contributed by atoms with van der Waals surface area (Å²) < 4.78 is 1.67. The molecule has 0 spiro atoms. The Hall–Kier alpha value is -1.62. The second kappa shape index (κ2) is 7.85. The highest BCUT2D eigenvalue weighted by Crippen LogP contribution is 2.09. The SMILES string of the molecule is CCCNC(Cn1ccc(=O)c(O)c1)C(=O)C(C)CC. The van der Waals surface area contributed by atoms with Crippen molar-refractivity contribution in [1.29, 1.82) is 0 Å². The maximum Gasteiger partial charge on any atom is 0.223 e. The maximum atomic E-state index is 12.3. The van der Waals surface area contributed by atoms with Crippen LogP contribution in [0.4, 0.5) is 0 Å². The highest BCUT2D eigenvalue weighted by atomic mass is 16.3. The van der Waals surface area contributed by atoms with E-state index in [0.717, 1.165) is 19.4 Å². The molecule has 1 heterocycles. The number of carbonyl (C=O) groups is 1. The lowest BCUT2D eigenvalue weighted by atomic mass is 9.97. The molecule has 2 unspecified atom stereocenters. The first-order valence-electron chi connectivity index (χ1n) is 7.15. The first-order chi connectivity index (χ1) is 9.49. The van der Waals surface area contributed by atoms with Gasteiger partial charge in [-0.3, -0.25) is 9.59 Å². The molecule has 0 aliphatic carbocycles. The number of aromatic nitrogens is 1. The third kappa shape index (κ3) is 4.49. The van der Waals surface area contributed by atoms with E-state index in [2.05, 4.69) is 5.32 Å². The Bertz CT molecular complexity index is 496. The normalized spacial score (nSPS) is 13.9. The van der Waals surface area contributed by atoms with Crippen LogP contribution in [0.3, 0.4) is 0 Å². The summed E-state index contributed by atoms with van der Waals surface area (Å²) in [5.41, 5.74) is -0.410. The van der Waals surface area contributed by atoms with Gasteiger partial charge in [0.25, 0.3) is 0 Å². The lowest BCUT2D eigenvalue weighted by Crippen LogP contribution is -2.43. The fourth-order valence-corrected chi connectivity index (χ4v) is 1.96. The standard InChI is InChI=1S/C15H24N2O3/c1-4-7-16-12(15(20)11(3)5-2)9-17-8-6-13(18)14(19)10-17/h6,8,10-12,16,19H,4-5,7,9H2,1-3H3. The number of aromatic hydroxyl groups is 1. The Balaban J connectivity index is 2.85. The van der Waals surface area contributed by atoms with Crippen molar-refractivity contribution >= 4 is 5.78 Å². The van der Waals surface area contributed by atoms with Gasteiger partial charge >= 0.3 is 0 Å². The van der Waals surface area contributed by atoms with Crippen LogP contribution in [0, 0.1) is 5.92 Å². The largest absolute Gasteiger partial charge is 0.503 e. The molecular weight excluding hydrogens is 256 g/mol. The van der Waals surface area contributed by atoms with Gasteiger partial charge in [-0.1, -0.05) is 20.8 Å². The smallest absolute Gasteiger partial charge is 0.223 e. The van der Waals surface area contributed by atoms with E-state index >= 15 is 0 Å². The molecule has 2 atom stereocenters. The van der Waals surface area contributed by atoms with Gasteiger partial charge < -0.3 is 15.0 Å². The molecule has 0 bridgehead atoms. The predicted octanol–water partition coefficient (Wildman–Crippen LogP) is 1.54. The van der Waals surface area contributed by atoms with Gasteiger partial charge in [0.15, 0.2) is 11.5 Å². The van der Waals surface area contributed by atoms with Gasteiger partial charge in [0.05, 0.1) is 6.04 Å². The molecule has 0 saturated heterocycles. The van der Waals surface area contributed by atoms with E-state index in [-0.39, 0.29) is 23.5 Å². The summed E-state index contributed by atoms with van der Waals surface area (Å²) in [5.74, 6) is -0.130. The molecule has 1 rings (SSSR count). The summed E-state index contributed by atoms with van der Waals surface area (Å²) in [4.78, 5) is 23.5. The van der Waals surface area contributed by atoms with Gasteiger partial charge in [0.2, 0.25) is 5.43 Å². The molecule has 0 amide bonds. The molecule has 0 radical (unpaired) electrons. The van der Waals surface area contributed by atoms with E-state index in [0.29, 0.717) is 6.54 Å². The number of Topliss-reactive ketones (excluding diaryl/α,β-unsaturated/α-hetero) is 1. The average molecular weight is 280 g/mol. The van der Waals surface area contributed by atoms with Crippen molar-refractivity contribution in [2.75, 3.05) is 6.54 Å². The minimum atomic E-state index is -0.410. The summed E-state index contributed by atoms with van der Waals surface area (Å²) >= 11 is 0. The molecule has 112 valence electrons. The van der Waals surface area contributed by atoms with Crippen molar-refractivity contribution in [3.63, 3.8) is 0 Å². The minimum absolute atomic E-state index is 0.00247. The number of hydrogen-bond donors (Lipinski definition) is 2. The summed E-state index contributed by atoms with van der Waals surface area (Å²) in [7, 11) is 0. The van der Waals surface area contributed by atoms with Gasteiger partial charge in [-0.15, -0.1) is 0 Å². The van der Waals surface area contributed by atoms with Crippen LogP contribution in [0.25, 0.3) is 0 Å². The van der Waals surface area contributed by atoms with Crippen LogP contribution in [0.5, 0.6) is 5.75 Å². The number of carbonyl (C=O) groups excluding carboxylic acids is 1. The topological polar surface area (TPSA) is 71.3 Å². The molecule has 2 N–H and O–H groups in total. The molecule has 5 heteroatoms. The van der Waals surface area contributed by atoms with Crippen LogP contribution in [0.2, 0.25) is 0 Å². The summed E-state index contributed by atoms with van der Waals surface area (Å²) in [6.45, 7) is 7.13. The molecule has 1 aromatic rings. The third-order valence-corrected chi connectivity index (χ3v) is 3.43. The maximum absolute atomic E-state index is 12.3. The van der Waals surface area contributed by atoms with E-state index in [1.54, 1.807) is 10.8 Å². The zero-order valence-electron chi connectivity index (χ0n) is 12.4. The molecule has 5 nitrogen and oxygen atoms in total. The van der Waals surface area contributed by atoms with Gasteiger partial charge in [0.1, 0.15) is 0 Å². The predicted molar refractivity (Wildman–Crippen MR) is 78.9 cm³/mol. The Labute approximate surface area is 119 Å². The minimum Gasteiger partial charge on any atom is -0.503 e. The Kier molecular flexibility index (Phi) is 6.45. The van der Waals surface area contributed by atoms with E-state index in [9.17, 15) is 14.7 Å². The highest BCUT2D eigenvalue weighted by Gasteiger charge is 2.22. The van der Waals surface area contributed by atoms with Crippen LogP contribution in [0.1, 0.15) is 33.6 Å². The second-order valence-corrected chi connectivity index (χ2v) is 5.11. The van der Waals surface area contributed by atoms with Crippen molar-refractivity contribution in [2.24, 2.45) is 5.92 Å². The van der Waals surface area contributed by atoms with E-state index < -0.39 is 5.43 Å². The zero-order valence-corrected chi connectivity index (χ0v) is 12.4. The number of nitrogens with one attached hydrogen (secondary N) is 1. The average Bonchev–Trinajstić information content (AvgIpc) is 2.45. The second-order valence-electron chi connectivity index (χ2n) is 5.11. The molecular formula is C15H24N2O3. The quantitative estimate of drug-likeness (QED) is 0.757. The van der Waals surface area contributed by atoms with Crippen LogP contribution in [0.15, 0.2) is 23.3 Å². The fraction of sp³-hybridized carbons (Fsp3) is 0.600. The van der Waals surface area contributed by atoms with Crippen LogP contribution in [-0.2, 0) is 11.3 Å². The Morgan fingerprint density at radius 2 is 2.15 bits per heavy atom. The molecule has 20 heavy (non-hydrogen) atoms. The van der Waals surface area contributed by atoms with Crippen molar-refractivity contribution in [3.8, 4) is 5.75 Å². The molecule has 0 aliphatic rings. The van der Waals surface area contributed by atoms with Crippen molar-refractivity contribution in [2.45, 2.75) is 46.2 Å². The lowest BCUT2D eigenvalue weighted by Gasteiger charge is -2.21. The number of rotatable bonds is 8. The van der Waals surface area contributed by atoms with E-state index in [4.69, 9.17) is 0 Å². The lowest BCUT2D eigenvalue weighted by molar-refractivity contribution is -0.124. The van der Waals surface area contributed by atoms with E-state index in [1.165, 1.54) is 12.3 Å². The summed E-state index contributed by atoms with van der Waals surface area (Å²) in [5, 5.41) is 12.7. The van der Waals surface area contributed by atoms with Crippen LogP contribution >= 0.6 is 0 Å². The van der Waals surface area contributed by atoms with Crippen molar-refractivity contribution in [1.82, 2.24) is 9.88 Å². The first kappa shape index (κ1) is 16.4. The molecule has 1 aromatic heterocycles.